The van der Waals surface area contributed by atoms with E-state index in [2.05, 4.69) is 45.1 Å². The van der Waals surface area contributed by atoms with Crippen molar-refractivity contribution >= 4 is 23.5 Å². The lowest BCUT2D eigenvalue weighted by Gasteiger charge is -2.39. The van der Waals surface area contributed by atoms with Crippen LogP contribution in [0.1, 0.15) is 52.0 Å². The second kappa shape index (κ2) is 7.57. The average Bonchev–Trinajstić information content (AvgIpc) is 3.13. The molecule has 4 amide bonds. The van der Waals surface area contributed by atoms with E-state index < -0.39 is 11.8 Å². The van der Waals surface area contributed by atoms with Gasteiger partial charge in [-0.15, -0.1) is 0 Å². The number of carbonyl (C=O) groups is 3. The van der Waals surface area contributed by atoms with Crippen LogP contribution in [0.5, 0.6) is 0 Å². The van der Waals surface area contributed by atoms with Crippen LogP contribution < -0.4 is 16.0 Å². The monoisotopic (exact) mass is 404 g/mol. The van der Waals surface area contributed by atoms with Crippen molar-refractivity contribution in [2.24, 2.45) is 0 Å². The van der Waals surface area contributed by atoms with E-state index in [4.69, 9.17) is 0 Å². The summed E-state index contributed by atoms with van der Waals surface area (Å²) in [7, 11) is 0. The Kier molecular flexibility index (Phi) is 4.75. The standard InChI is InChI=1S/C23H24N4O3/c28-21-19-9-6-15(12-20(19)22(29)26-21)24-23(30)25-16-10-17-7-8-18(11-16)27(17)13-14-4-2-1-3-5-14/h1-6,9,12,16-18H,7-8,10-11,13H2,(H2,24,25,30)(H,26,28,29). The summed E-state index contributed by atoms with van der Waals surface area (Å²) in [5.74, 6) is -0.829. The number of fused-ring (bicyclic) bond motifs is 3. The normalized spacial score (nSPS) is 25.0. The maximum Gasteiger partial charge on any atom is 0.319 e. The zero-order valence-corrected chi connectivity index (χ0v) is 16.6. The van der Waals surface area contributed by atoms with Crippen molar-refractivity contribution in [3.63, 3.8) is 0 Å². The van der Waals surface area contributed by atoms with Crippen molar-refractivity contribution in [1.29, 1.82) is 0 Å². The van der Waals surface area contributed by atoms with Crippen LogP contribution in [0.15, 0.2) is 48.5 Å². The van der Waals surface area contributed by atoms with E-state index in [1.807, 2.05) is 6.07 Å². The van der Waals surface area contributed by atoms with Crippen LogP contribution >= 0.6 is 0 Å². The summed E-state index contributed by atoms with van der Waals surface area (Å²) in [6.45, 7) is 0.963. The third-order valence-electron chi connectivity index (χ3n) is 6.42. The summed E-state index contributed by atoms with van der Waals surface area (Å²) >= 11 is 0. The summed E-state index contributed by atoms with van der Waals surface area (Å²) < 4.78 is 0. The van der Waals surface area contributed by atoms with E-state index in [0.29, 0.717) is 28.9 Å². The molecular formula is C23H24N4O3. The first-order valence-corrected chi connectivity index (χ1v) is 10.4. The molecule has 3 heterocycles. The predicted octanol–water partition coefficient (Wildman–Crippen LogP) is 2.89. The number of carbonyl (C=O) groups excluding carboxylic acids is 3. The minimum atomic E-state index is -0.429. The number of urea groups is 1. The highest BCUT2D eigenvalue weighted by molar-refractivity contribution is 6.22. The molecule has 0 aliphatic carbocycles. The first-order valence-electron chi connectivity index (χ1n) is 10.4. The van der Waals surface area contributed by atoms with Crippen LogP contribution in [-0.4, -0.2) is 40.9 Å². The third-order valence-corrected chi connectivity index (χ3v) is 6.42. The van der Waals surface area contributed by atoms with Crippen molar-refractivity contribution in [1.82, 2.24) is 15.5 Å². The van der Waals surface area contributed by atoms with Crippen LogP contribution in [-0.2, 0) is 6.54 Å². The Morgan fingerprint density at radius 2 is 1.67 bits per heavy atom. The number of imide groups is 1. The molecule has 2 aromatic rings. The molecule has 0 saturated carbocycles. The number of anilines is 1. The van der Waals surface area contributed by atoms with Gasteiger partial charge in [0.1, 0.15) is 0 Å². The molecule has 154 valence electrons. The van der Waals surface area contributed by atoms with Gasteiger partial charge >= 0.3 is 6.03 Å². The maximum absolute atomic E-state index is 12.5. The molecule has 7 nitrogen and oxygen atoms in total. The first kappa shape index (κ1) is 18.8. The molecule has 2 atom stereocenters. The number of hydrogen-bond donors (Lipinski definition) is 3. The molecule has 5 rings (SSSR count). The van der Waals surface area contributed by atoms with Crippen molar-refractivity contribution < 1.29 is 14.4 Å². The number of piperidine rings is 1. The van der Waals surface area contributed by atoms with Gasteiger partial charge in [-0.05, 0) is 49.4 Å². The molecule has 2 fully saturated rings. The zero-order valence-electron chi connectivity index (χ0n) is 16.6. The average molecular weight is 404 g/mol. The molecule has 0 radical (unpaired) electrons. The summed E-state index contributed by atoms with van der Waals surface area (Å²) in [6.07, 6.45) is 4.23. The van der Waals surface area contributed by atoms with Gasteiger partial charge in [0.2, 0.25) is 0 Å². The van der Waals surface area contributed by atoms with Gasteiger partial charge in [-0.3, -0.25) is 19.8 Å². The third kappa shape index (κ3) is 3.57. The van der Waals surface area contributed by atoms with Gasteiger partial charge in [-0.25, -0.2) is 4.79 Å². The Balaban J connectivity index is 1.19. The molecule has 2 bridgehead atoms. The van der Waals surface area contributed by atoms with Crippen LogP contribution in [0.2, 0.25) is 0 Å². The lowest BCUT2D eigenvalue weighted by atomic mass is 9.96. The Hall–Kier alpha value is -3.19. The number of benzene rings is 2. The van der Waals surface area contributed by atoms with Crippen molar-refractivity contribution in [3.8, 4) is 0 Å². The highest BCUT2D eigenvalue weighted by atomic mass is 16.2. The van der Waals surface area contributed by atoms with E-state index >= 15 is 0 Å². The first-order chi connectivity index (χ1) is 14.6. The summed E-state index contributed by atoms with van der Waals surface area (Å²) in [6, 6.07) is 16.1. The van der Waals surface area contributed by atoms with Gasteiger partial charge in [0.05, 0.1) is 11.1 Å². The molecule has 0 spiro atoms. The second-order valence-electron chi connectivity index (χ2n) is 8.35. The van der Waals surface area contributed by atoms with E-state index in [-0.39, 0.29) is 12.1 Å². The zero-order chi connectivity index (χ0) is 20.7. The van der Waals surface area contributed by atoms with Crippen LogP contribution in [0.4, 0.5) is 10.5 Å². The number of nitrogens with zero attached hydrogens (tertiary/aromatic N) is 1. The lowest BCUT2D eigenvalue weighted by molar-refractivity contribution is 0.0879. The minimum absolute atomic E-state index is 0.133. The molecule has 2 saturated heterocycles. The molecule has 2 unspecified atom stereocenters. The van der Waals surface area contributed by atoms with Crippen LogP contribution in [0, 0.1) is 0 Å². The molecule has 3 N–H and O–H groups in total. The predicted molar refractivity (Wildman–Crippen MR) is 112 cm³/mol. The molecule has 0 aromatic heterocycles. The SMILES string of the molecule is O=C(Nc1ccc2c(c1)C(=O)NC2=O)NC1CC2CCC(C1)N2Cc1ccccc1. The number of rotatable bonds is 4. The topological polar surface area (TPSA) is 90.5 Å². The van der Waals surface area contributed by atoms with E-state index in [1.54, 1.807) is 18.2 Å². The number of amides is 4. The van der Waals surface area contributed by atoms with Crippen LogP contribution in [0.25, 0.3) is 0 Å². The molecular weight excluding hydrogens is 380 g/mol. The fourth-order valence-electron chi connectivity index (χ4n) is 5.04. The minimum Gasteiger partial charge on any atom is -0.335 e. The van der Waals surface area contributed by atoms with Gasteiger partial charge in [-0.2, -0.15) is 0 Å². The van der Waals surface area contributed by atoms with Crippen molar-refractivity contribution in [3.05, 3.63) is 65.2 Å². The van der Waals surface area contributed by atoms with Gasteiger partial charge < -0.3 is 10.6 Å². The molecule has 3 aliphatic rings. The fourth-order valence-corrected chi connectivity index (χ4v) is 5.04. The Morgan fingerprint density at radius 1 is 0.967 bits per heavy atom. The Labute approximate surface area is 174 Å². The highest BCUT2D eigenvalue weighted by Gasteiger charge is 2.41. The second-order valence-corrected chi connectivity index (χ2v) is 8.35. The summed E-state index contributed by atoms with van der Waals surface area (Å²) in [4.78, 5) is 38.6. The fraction of sp³-hybridized carbons (Fsp3) is 0.348. The van der Waals surface area contributed by atoms with Crippen molar-refractivity contribution in [2.45, 2.75) is 50.4 Å². The molecule has 3 aliphatic heterocycles. The Morgan fingerprint density at radius 3 is 2.40 bits per heavy atom. The van der Waals surface area contributed by atoms with Gasteiger partial charge in [0, 0.05) is 30.4 Å². The van der Waals surface area contributed by atoms with Gasteiger partial charge in [-0.1, -0.05) is 30.3 Å². The summed E-state index contributed by atoms with van der Waals surface area (Å²) in [5.41, 5.74) is 2.47. The molecule has 7 heteroatoms. The van der Waals surface area contributed by atoms with Crippen LogP contribution in [0.3, 0.4) is 0 Å². The van der Waals surface area contributed by atoms with E-state index in [9.17, 15) is 14.4 Å². The molecule has 2 aromatic carbocycles. The maximum atomic E-state index is 12.5. The van der Waals surface area contributed by atoms with E-state index in [1.165, 1.54) is 18.4 Å². The number of nitrogens with one attached hydrogen (secondary N) is 3. The molecule has 30 heavy (non-hydrogen) atoms. The smallest absolute Gasteiger partial charge is 0.319 e. The largest absolute Gasteiger partial charge is 0.335 e. The number of hydrogen-bond acceptors (Lipinski definition) is 4. The lowest BCUT2D eigenvalue weighted by Crippen LogP contribution is -2.50. The quantitative estimate of drug-likeness (QED) is 0.684. The summed E-state index contributed by atoms with van der Waals surface area (Å²) in [5, 5.41) is 8.15. The van der Waals surface area contributed by atoms with Gasteiger partial charge in [0.15, 0.2) is 0 Å². The Bertz CT molecular complexity index is 993. The van der Waals surface area contributed by atoms with Gasteiger partial charge in [0.25, 0.3) is 11.8 Å². The van der Waals surface area contributed by atoms with E-state index in [0.717, 1.165) is 19.4 Å². The van der Waals surface area contributed by atoms with Crippen molar-refractivity contribution in [2.75, 3.05) is 5.32 Å². The highest BCUT2D eigenvalue weighted by Crippen LogP contribution is 2.36.